The van der Waals surface area contributed by atoms with Gasteiger partial charge in [-0.05, 0) is 51.7 Å². The van der Waals surface area contributed by atoms with Crippen molar-refractivity contribution in [3.63, 3.8) is 0 Å². The standard InChI is InChI=1S/C11H23NO/c1-2-11(13)7-6-10-12-8-4-3-5-9-12/h11,13H,2-10H2,1H3/t11-/m0/s1. The van der Waals surface area contributed by atoms with Crippen molar-refractivity contribution < 1.29 is 5.11 Å². The summed E-state index contributed by atoms with van der Waals surface area (Å²) in [4.78, 5) is 2.53. The van der Waals surface area contributed by atoms with Gasteiger partial charge in [0.05, 0.1) is 6.10 Å². The smallest absolute Gasteiger partial charge is 0.0538 e. The fourth-order valence-corrected chi connectivity index (χ4v) is 1.94. The van der Waals surface area contributed by atoms with Crippen LogP contribution < -0.4 is 0 Å². The van der Waals surface area contributed by atoms with Gasteiger partial charge in [-0.3, -0.25) is 0 Å². The van der Waals surface area contributed by atoms with Crippen molar-refractivity contribution in [1.29, 1.82) is 0 Å². The van der Waals surface area contributed by atoms with Crippen LogP contribution in [0.2, 0.25) is 0 Å². The number of aliphatic hydroxyl groups is 1. The quantitative estimate of drug-likeness (QED) is 0.708. The number of aliphatic hydroxyl groups excluding tert-OH is 1. The lowest BCUT2D eigenvalue weighted by atomic mass is 10.1. The number of likely N-dealkylation sites (tertiary alicyclic amines) is 1. The Morgan fingerprint density at radius 3 is 2.54 bits per heavy atom. The van der Waals surface area contributed by atoms with Crippen LogP contribution in [-0.2, 0) is 0 Å². The van der Waals surface area contributed by atoms with Crippen LogP contribution in [0, 0.1) is 0 Å². The van der Waals surface area contributed by atoms with Crippen LogP contribution >= 0.6 is 0 Å². The summed E-state index contributed by atoms with van der Waals surface area (Å²) < 4.78 is 0. The Morgan fingerprint density at radius 1 is 1.23 bits per heavy atom. The van der Waals surface area contributed by atoms with Crippen LogP contribution in [0.5, 0.6) is 0 Å². The summed E-state index contributed by atoms with van der Waals surface area (Å²) in [5.41, 5.74) is 0. The molecule has 1 aliphatic rings. The molecule has 0 aliphatic carbocycles. The SMILES string of the molecule is CC[C@H](O)CCCN1CCCCC1. The Kier molecular flexibility index (Phi) is 5.40. The first-order valence-electron chi connectivity index (χ1n) is 5.73. The summed E-state index contributed by atoms with van der Waals surface area (Å²) in [5.74, 6) is 0. The van der Waals surface area contributed by atoms with E-state index >= 15 is 0 Å². The van der Waals surface area contributed by atoms with Crippen molar-refractivity contribution in [2.24, 2.45) is 0 Å². The van der Waals surface area contributed by atoms with E-state index in [1.807, 2.05) is 6.92 Å². The molecule has 0 spiro atoms. The van der Waals surface area contributed by atoms with Crippen molar-refractivity contribution in [1.82, 2.24) is 4.90 Å². The molecule has 0 aromatic heterocycles. The van der Waals surface area contributed by atoms with E-state index in [0.29, 0.717) is 0 Å². The lowest BCUT2D eigenvalue weighted by Crippen LogP contribution is -2.30. The molecule has 78 valence electrons. The molecule has 1 saturated heterocycles. The van der Waals surface area contributed by atoms with Crippen LogP contribution in [0.25, 0.3) is 0 Å². The number of nitrogens with zero attached hydrogens (tertiary/aromatic N) is 1. The third-order valence-corrected chi connectivity index (χ3v) is 2.93. The predicted molar refractivity (Wildman–Crippen MR) is 55.8 cm³/mol. The van der Waals surface area contributed by atoms with Gasteiger partial charge in [-0.1, -0.05) is 13.3 Å². The molecular weight excluding hydrogens is 162 g/mol. The predicted octanol–water partition coefficient (Wildman–Crippen LogP) is 2.02. The first-order valence-corrected chi connectivity index (χ1v) is 5.73. The zero-order chi connectivity index (χ0) is 9.52. The van der Waals surface area contributed by atoms with Crippen LogP contribution in [-0.4, -0.2) is 35.7 Å². The molecule has 0 aromatic carbocycles. The van der Waals surface area contributed by atoms with Gasteiger partial charge in [0, 0.05) is 0 Å². The molecule has 1 atom stereocenters. The summed E-state index contributed by atoms with van der Waals surface area (Å²) >= 11 is 0. The second-order valence-electron chi connectivity index (χ2n) is 4.11. The molecule has 1 aliphatic heterocycles. The molecule has 0 radical (unpaired) electrons. The van der Waals surface area contributed by atoms with Gasteiger partial charge in [0.2, 0.25) is 0 Å². The molecule has 2 nitrogen and oxygen atoms in total. The van der Waals surface area contributed by atoms with Gasteiger partial charge >= 0.3 is 0 Å². The summed E-state index contributed by atoms with van der Waals surface area (Å²) in [6.07, 6.45) is 7.13. The maximum atomic E-state index is 9.37. The third-order valence-electron chi connectivity index (χ3n) is 2.93. The Bertz CT molecular complexity index is 121. The molecule has 0 saturated carbocycles. The second-order valence-corrected chi connectivity index (χ2v) is 4.11. The fraction of sp³-hybridized carbons (Fsp3) is 1.00. The van der Waals surface area contributed by atoms with E-state index in [1.54, 1.807) is 0 Å². The highest BCUT2D eigenvalue weighted by atomic mass is 16.3. The highest BCUT2D eigenvalue weighted by Crippen LogP contribution is 2.10. The fourth-order valence-electron chi connectivity index (χ4n) is 1.94. The first kappa shape index (κ1) is 11.0. The van der Waals surface area contributed by atoms with E-state index in [4.69, 9.17) is 0 Å². The number of hydrogen-bond acceptors (Lipinski definition) is 2. The van der Waals surface area contributed by atoms with Gasteiger partial charge in [0.1, 0.15) is 0 Å². The van der Waals surface area contributed by atoms with E-state index in [0.717, 1.165) is 19.3 Å². The molecule has 2 heteroatoms. The average Bonchev–Trinajstić information content (AvgIpc) is 2.19. The Balaban J connectivity index is 1.98. The van der Waals surface area contributed by atoms with Crippen LogP contribution in [0.1, 0.15) is 45.4 Å². The van der Waals surface area contributed by atoms with E-state index in [1.165, 1.54) is 38.9 Å². The second kappa shape index (κ2) is 6.39. The molecule has 1 N–H and O–H groups in total. The minimum atomic E-state index is -0.0650. The van der Waals surface area contributed by atoms with Crippen molar-refractivity contribution in [3.8, 4) is 0 Å². The molecule has 1 heterocycles. The van der Waals surface area contributed by atoms with Crippen LogP contribution in [0.3, 0.4) is 0 Å². The molecular formula is C11H23NO. The monoisotopic (exact) mass is 185 g/mol. The lowest BCUT2D eigenvalue weighted by molar-refractivity contribution is 0.145. The molecule has 0 amide bonds. The highest BCUT2D eigenvalue weighted by molar-refractivity contribution is 4.65. The van der Waals surface area contributed by atoms with Gasteiger partial charge in [0.15, 0.2) is 0 Å². The Morgan fingerprint density at radius 2 is 1.92 bits per heavy atom. The van der Waals surface area contributed by atoms with Crippen molar-refractivity contribution in [2.75, 3.05) is 19.6 Å². The first-order chi connectivity index (χ1) is 6.33. The zero-order valence-electron chi connectivity index (χ0n) is 8.84. The van der Waals surface area contributed by atoms with Crippen molar-refractivity contribution >= 4 is 0 Å². The van der Waals surface area contributed by atoms with Crippen molar-refractivity contribution in [2.45, 2.75) is 51.6 Å². The van der Waals surface area contributed by atoms with Gasteiger partial charge < -0.3 is 10.0 Å². The maximum absolute atomic E-state index is 9.37. The largest absolute Gasteiger partial charge is 0.393 e. The van der Waals surface area contributed by atoms with Crippen LogP contribution in [0.15, 0.2) is 0 Å². The topological polar surface area (TPSA) is 23.5 Å². The van der Waals surface area contributed by atoms with E-state index in [9.17, 15) is 5.11 Å². The lowest BCUT2D eigenvalue weighted by Gasteiger charge is -2.26. The number of piperidine rings is 1. The Labute approximate surface area is 81.9 Å². The summed E-state index contributed by atoms with van der Waals surface area (Å²) in [5, 5.41) is 9.37. The minimum absolute atomic E-state index is 0.0650. The summed E-state index contributed by atoms with van der Waals surface area (Å²) in [6, 6.07) is 0. The molecule has 0 bridgehead atoms. The van der Waals surface area contributed by atoms with E-state index < -0.39 is 0 Å². The highest BCUT2D eigenvalue weighted by Gasteiger charge is 2.09. The number of hydrogen-bond donors (Lipinski definition) is 1. The van der Waals surface area contributed by atoms with Gasteiger partial charge in [-0.2, -0.15) is 0 Å². The molecule has 13 heavy (non-hydrogen) atoms. The summed E-state index contributed by atoms with van der Waals surface area (Å²) in [6.45, 7) is 5.80. The van der Waals surface area contributed by atoms with Gasteiger partial charge in [-0.15, -0.1) is 0 Å². The van der Waals surface area contributed by atoms with E-state index in [2.05, 4.69) is 4.90 Å². The minimum Gasteiger partial charge on any atom is -0.393 e. The van der Waals surface area contributed by atoms with Gasteiger partial charge in [0.25, 0.3) is 0 Å². The molecule has 0 unspecified atom stereocenters. The Hall–Kier alpha value is -0.0800. The normalized spacial score (nSPS) is 21.7. The molecule has 1 fully saturated rings. The number of rotatable bonds is 5. The van der Waals surface area contributed by atoms with Crippen LogP contribution in [0.4, 0.5) is 0 Å². The average molecular weight is 185 g/mol. The van der Waals surface area contributed by atoms with Gasteiger partial charge in [-0.25, -0.2) is 0 Å². The molecule has 0 aromatic rings. The zero-order valence-corrected chi connectivity index (χ0v) is 8.84. The third kappa shape index (κ3) is 4.63. The summed E-state index contributed by atoms with van der Waals surface area (Å²) in [7, 11) is 0. The van der Waals surface area contributed by atoms with Crippen molar-refractivity contribution in [3.05, 3.63) is 0 Å². The molecule has 1 rings (SSSR count). The van der Waals surface area contributed by atoms with E-state index in [-0.39, 0.29) is 6.10 Å². The maximum Gasteiger partial charge on any atom is 0.0538 e.